The zero-order valence-electron chi connectivity index (χ0n) is 16.5. The summed E-state index contributed by atoms with van der Waals surface area (Å²) in [5.74, 6) is -0.348. The lowest BCUT2D eigenvalue weighted by atomic mass is 10.1. The number of aromatic nitrogens is 3. The first-order chi connectivity index (χ1) is 14.6. The van der Waals surface area contributed by atoms with Crippen LogP contribution in [0, 0.1) is 17.1 Å². The number of nitrogens with one attached hydrogen (secondary N) is 2. The molecule has 0 aliphatic heterocycles. The van der Waals surface area contributed by atoms with Crippen LogP contribution in [-0.4, -0.2) is 27.6 Å². The number of benzene rings is 2. The highest BCUT2D eigenvalue weighted by Gasteiger charge is 2.12. The third kappa shape index (κ3) is 4.31. The van der Waals surface area contributed by atoms with Gasteiger partial charge in [0.15, 0.2) is 5.58 Å². The van der Waals surface area contributed by atoms with E-state index in [1.807, 2.05) is 36.8 Å². The van der Waals surface area contributed by atoms with Crippen molar-refractivity contribution in [3.63, 3.8) is 0 Å². The number of nitrogens with zero attached hydrogens (tertiary/aromatic N) is 4. The molecular weight excluding hydrogens is 383 g/mol. The van der Waals surface area contributed by atoms with E-state index in [0.29, 0.717) is 42.3 Å². The van der Waals surface area contributed by atoms with E-state index in [1.165, 1.54) is 12.1 Å². The van der Waals surface area contributed by atoms with Gasteiger partial charge in [-0.05, 0) is 36.8 Å². The van der Waals surface area contributed by atoms with Gasteiger partial charge in [-0.15, -0.1) is 0 Å². The zero-order valence-corrected chi connectivity index (χ0v) is 16.5. The van der Waals surface area contributed by atoms with Crippen molar-refractivity contribution in [1.29, 1.82) is 5.26 Å². The van der Waals surface area contributed by atoms with Gasteiger partial charge in [-0.2, -0.15) is 10.2 Å². The lowest BCUT2D eigenvalue weighted by Gasteiger charge is -2.17. The smallest absolute Gasteiger partial charge is 0.295 e. The van der Waals surface area contributed by atoms with Crippen LogP contribution in [0.3, 0.4) is 0 Å². The summed E-state index contributed by atoms with van der Waals surface area (Å²) in [6.07, 6.45) is 3.66. The minimum atomic E-state index is -0.348. The second-order valence-corrected chi connectivity index (χ2v) is 6.94. The number of imidazole rings is 1. The molecule has 2 N–H and O–H groups in total. The molecule has 0 spiro atoms. The summed E-state index contributed by atoms with van der Waals surface area (Å²) in [7, 11) is 0. The van der Waals surface area contributed by atoms with Crippen LogP contribution in [0.4, 0.5) is 10.4 Å². The van der Waals surface area contributed by atoms with Crippen LogP contribution in [0.25, 0.3) is 11.1 Å². The number of anilines is 1. The van der Waals surface area contributed by atoms with Gasteiger partial charge in [0.25, 0.3) is 6.01 Å². The van der Waals surface area contributed by atoms with Crippen LogP contribution in [0.5, 0.6) is 0 Å². The van der Waals surface area contributed by atoms with Crippen LogP contribution in [0.2, 0.25) is 0 Å². The molecule has 7 nitrogen and oxygen atoms in total. The highest BCUT2D eigenvalue weighted by atomic mass is 19.1. The molecule has 1 unspecified atom stereocenters. The van der Waals surface area contributed by atoms with Gasteiger partial charge >= 0.3 is 0 Å². The molecule has 0 radical (unpaired) electrons. The van der Waals surface area contributed by atoms with Gasteiger partial charge in [-0.25, -0.2) is 9.37 Å². The Hall–Kier alpha value is -3.70. The molecule has 2 aromatic carbocycles. The molecule has 152 valence electrons. The Morgan fingerprint density at radius 2 is 2.03 bits per heavy atom. The van der Waals surface area contributed by atoms with E-state index in [1.54, 1.807) is 6.07 Å². The summed E-state index contributed by atoms with van der Waals surface area (Å²) in [6.45, 7) is 4.05. The summed E-state index contributed by atoms with van der Waals surface area (Å²) >= 11 is 0. The van der Waals surface area contributed by atoms with E-state index in [2.05, 4.69) is 38.2 Å². The highest BCUT2D eigenvalue weighted by molar-refractivity contribution is 5.74. The second kappa shape index (κ2) is 8.76. The third-order valence-corrected chi connectivity index (χ3v) is 4.92. The minimum absolute atomic E-state index is 0.107. The maximum Gasteiger partial charge on any atom is 0.295 e. The van der Waals surface area contributed by atoms with Crippen molar-refractivity contribution in [2.75, 3.05) is 18.4 Å². The molecule has 0 saturated heterocycles. The molecule has 0 bridgehead atoms. The van der Waals surface area contributed by atoms with Gasteiger partial charge in [0.2, 0.25) is 0 Å². The van der Waals surface area contributed by atoms with Gasteiger partial charge in [-0.1, -0.05) is 12.1 Å². The molecule has 2 heterocycles. The maximum atomic E-state index is 13.2. The first kappa shape index (κ1) is 19.6. The Morgan fingerprint density at radius 3 is 2.83 bits per heavy atom. The van der Waals surface area contributed by atoms with Crippen molar-refractivity contribution < 1.29 is 8.81 Å². The van der Waals surface area contributed by atoms with Gasteiger partial charge in [0, 0.05) is 31.9 Å². The topological polar surface area (TPSA) is 91.7 Å². The van der Waals surface area contributed by atoms with Gasteiger partial charge in [0.05, 0.1) is 29.7 Å². The molecule has 4 aromatic rings. The fraction of sp³-hybridized carbons (Fsp3) is 0.227. The number of fused-ring (bicyclic) bond motifs is 1. The SMILES string of the molecule is CC(c1ccc(C#N)cc1)n1cncc1CNCCNc1nc2ccc(F)cc2o1. The largest absolute Gasteiger partial charge is 0.423 e. The first-order valence-electron chi connectivity index (χ1n) is 9.65. The van der Waals surface area contributed by atoms with E-state index in [-0.39, 0.29) is 11.9 Å². The average molecular weight is 404 g/mol. The Labute approximate surface area is 173 Å². The van der Waals surface area contributed by atoms with Crippen molar-refractivity contribution in [3.8, 4) is 6.07 Å². The average Bonchev–Trinajstić information content (AvgIpc) is 3.39. The van der Waals surface area contributed by atoms with E-state index in [4.69, 9.17) is 9.68 Å². The molecule has 0 aliphatic carbocycles. The van der Waals surface area contributed by atoms with E-state index >= 15 is 0 Å². The van der Waals surface area contributed by atoms with Gasteiger partial charge < -0.3 is 19.6 Å². The molecule has 0 amide bonds. The quantitative estimate of drug-likeness (QED) is 0.434. The highest BCUT2D eigenvalue weighted by Crippen LogP contribution is 2.21. The number of oxazole rings is 1. The zero-order chi connectivity index (χ0) is 20.9. The molecule has 0 saturated carbocycles. The van der Waals surface area contributed by atoms with Gasteiger partial charge in [-0.3, -0.25) is 0 Å². The van der Waals surface area contributed by atoms with Crippen molar-refractivity contribution >= 4 is 17.1 Å². The molecule has 1 atom stereocenters. The summed E-state index contributed by atoms with van der Waals surface area (Å²) < 4.78 is 20.8. The molecule has 4 rings (SSSR count). The molecule has 2 aromatic heterocycles. The number of nitriles is 1. The van der Waals surface area contributed by atoms with Crippen molar-refractivity contribution in [3.05, 3.63) is 77.6 Å². The fourth-order valence-corrected chi connectivity index (χ4v) is 3.26. The van der Waals surface area contributed by atoms with Crippen LogP contribution in [-0.2, 0) is 6.54 Å². The number of rotatable bonds is 8. The Kier molecular flexibility index (Phi) is 5.72. The molecular formula is C22H21FN6O. The van der Waals surface area contributed by atoms with Crippen LogP contribution < -0.4 is 10.6 Å². The monoisotopic (exact) mass is 404 g/mol. The van der Waals surface area contributed by atoms with Crippen molar-refractivity contribution in [2.24, 2.45) is 0 Å². The molecule has 30 heavy (non-hydrogen) atoms. The Morgan fingerprint density at radius 1 is 1.20 bits per heavy atom. The number of hydrogen-bond acceptors (Lipinski definition) is 6. The molecule has 8 heteroatoms. The van der Waals surface area contributed by atoms with Crippen molar-refractivity contribution in [2.45, 2.75) is 19.5 Å². The van der Waals surface area contributed by atoms with Crippen molar-refractivity contribution in [1.82, 2.24) is 19.9 Å². The van der Waals surface area contributed by atoms with E-state index in [9.17, 15) is 4.39 Å². The maximum absolute atomic E-state index is 13.2. The van der Waals surface area contributed by atoms with Crippen LogP contribution in [0.15, 0.2) is 59.4 Å². The lowest BCUT2D eigenvalue weighted by molar-refractivity contribution is 0.574. The molecule has 0 fully saturated rings. The third-order valence-electron chi connectivity index (χ3n) is 4.92. The summed E-state index contributed by atoms with van der Waals surface area (Å²) in [5.41, 5.74) is 3.86. The van der Waals surface area contributed by atoms with E-state index in [0.717, 1.165) is 11.3 Å². The summed E-state index contributed by atoms with van der Waals surface area (Å²) in [4.78, 5) is 8.56. The molecule has 0 aliphatic rings. The first-order valence-corrected chi connectivity index (χ1v) is 9.65. The normalized spacial score (nSPS) is 12.0. The number of halogens is 1. The Balaban J connectivity index is 1.29. The van der Waals surface area contributed by atoms with E-state index < -0.39 is 0 Å². The standard InChI is InChI=1S/C22H21FN6O/c1-15(17-4-2-16(11-24)3-5-17)29-14-26-13-19(29)12-25-8-9-27-22-28-20-7-6-18(23)10-21(20)30-22/h2-7,10,13-15,25H,8-9,12H2,1H3,(H,27,28). The summed E-state index contributed by atoms with van der Waals surface area (Å²) in [6, 6.07) is 14.5. The second-order valence-electron chi connectivity index (χ2n) is 6.94. The van der Waals surface area contributed by atoms with Crippen LogP contribution >= 0.6 is 0 Å². The lowest BCUT2D eigenvalue weighted by Crippen LogP contribution is -2.23. The Bertz CT molecular complexity index is 1170. The fourth-order valence-electron chi connectivity index (χ4n) is 3.26. The van der Waals surface area contributed by atoms with Crippen LogP contribution in [0.1, 0.15) is 29.8 Å². The summed E-state index contributed by atoms with van der Waals surface area (Å²) in [5, 5.41) is 15.4. The predicted octanol–water partition coefficient (Wildman–Crippen LogP) is 3.85. The minimum Gasteiger partial charge on any atom is -0.423 e. The van der Waals surface area contributed by atoms with Gasteiger partial charge in [0.1, 0.15) is 11.3 Å². The number of hydrogen-bond donors (Lipinski definition) is 2. The predicted molar refractivity (Wildman–Crippen MR) is 111 cm³/mol.